The summed E-state index contributed by atoms with van der Waals surface area (Å²) in [4.78, 5) is 0. The molecule has 0 heterocycles. The Morgan fingerprint density at radius 2 is 1.89 bits per heavy atom. The first kappa shape index (κ1) is 12.2. The van der Waals surface area contributed by atoms with Gasteiger partial charge in [-0.1, -0.05) is 19.8 Å². The third-order valence-electron chi connectivity index (χ3n) is 1.07. The molecule has 0 radical (unpaired) electrons. The van der Waals surface area contributed by atoms with E-state index in [1.807, 2.05) is 0 Å². The summed E-state index contributed by atoms with van der Waals surface area (Å²) in [6.07, 6.45) is 2.58. The number of aliphatic hydroxyl groups excluding tert-OH is 1. The van der Waals surface area contributed by atoms with Gasteiger partial charge in [-0.3, -0.25) is 0 Å². The number of hydrogen-bond donors (Lipinski definition) is 2. The van der Waals surface area contributed by atoms with Crippen molar-refractivity contribution in [1.82, 2.24) is 0 Å². The smallest absolute Gasteiger partial charge is 1.00 e. The Morgan fingerprint density at radius 1 is 1.33 bits per heavy atom. The molecule has 2 nitrogen and oxygen atoms in total. The van der Waals surface area contributed by atoms with E-state index >= 15 is 0 Å². The van der Waals surface area contributed by atoms with Crippen LogP contribution in [-0.2, 0) is 0 Å². The minimum absolute atomic E-state index is 0. The summed E-state index contributed by atoms with van der Waals surface area (Å²) < 4.78 is 0. The van der Waals surface area contributed by atoms with Crippen LogP contribution in [0.4, 0.5) is 0 Å². The van der Waals surface area contributed by atoms with Crippen molar-refractivity contribution in [2.24, 2.45) is 0 Å². The van der Waals surface area contributed by atoms with Crippen LogP contribution in [0.25, 0.3) is 0 Å². The molecule has 2 N–H and O–H groups in total. The van der Waals surface area contributed by atoms with Gasteiger partial charge < -0.3 is 11.6 Å². The van der Waals surface area contributed by atoms with Crippen LogP contribution in [0.5, 0.6) is 0 Å². The van der Waals surface area contributed by atoms with Crippen molar-refractivity contribution in [3.63, 3.8) is 0 Å². The number of unbranched alkanes of at least 4 members (excludes halogenated alkanes) is 2. The summed E-state index contributed by atoms with van der Waals surface area (Å²) in [5.41, 5.74) is 0. The van der Waals surface area contributed by atoms with E-state index in [0.29, 0.717) is 6.42 Å². The van der Waals surface area contributed by atoms with E-state index in [4.69, 9.17) is 10.2 Å². The van der Waals surface area contributed by atoms with E-state index in [1.165, 1.54) is 0 Å². The van der Waals surface area contributed by atoms with Crippen LogP contribution in [-0.4, -0.2) is 16.5 Å². The molecule has 3 heteroatoms. The maximum Gasteiger partial charge on any atom is 1.00 e. The minimum atomic E-state index is -1.10. The summed E-state index contributed by atoms with van der Waals surface area (Å²) in [5.74, 6) is 0. The summed E-state index contributed by atoms with van der Waals surface area (Å²) in [6.45, 7) is 2.09. The second-order valence-electron chi connectivity index (χ2n) is 1.98. The summed E-state index contributed by atoms with van der Waals surface area (Å²) in [7, 11) is 0. The fourth-order valence-corrected chi connectivity index (χ4v) is 0.577. The first-order valence-electron chi connectivity index (χ1n) is 3.13. The maximum absolute atomic E-state index is 8.33. The Labute approximate surface area is 69.9 Å². The second kappa shape index (κ2) is 8.52. The van der Waals surface area contributed by atoms with Gasteiger partial charge in [-0.15, -0.1) is 0 Å². The Kier molecular flexibility index (Phi) is 11.6. The van der Waals surface area contributed by atoms with Crippen LogP contribution in [0, 0.1) is 0 Å². The molecular formula is C6H15LiO2. The number of aliphatic hydroxyl groups is 2. The monoisotopic (exact) mass is 126 g/mol. The van der Waals surface area contributed by atoms with Crippen LogP contribution < -0.4 is 18.9 Å². The summed E-state index contributed by atoms with van der Waals surface area (Å²) in [6, 6.07) is 0. The van der Waals surface area contributed by atoms with Gasteiger partial charge in [0, 0.05) is 0 Å². The zero-order chi connectivity index (χ0) is 6.41. The average molecular weight is 126 g/mol. The van der Waals surface area contributed by atoms with Gasteiger partial charge in [-0.05, 0) is 12.8 Å². The van der Waals surface area contributed by atoms with Gasteiger partial charge in [0.2, 0.25) is 0 Å². The Hall–Kier alpha value is 0.517. The Morgan fingerprint density at radius 3 is 2.22 bits per heavy atom. The normalized spacial score (nSPS) is 9.33. The van der Waals surface area contributed by atoms with Gasteiger partial charge in [-0.25, -0.2) is 0 Å². The molecule has 0 unspecified atom stereocenters. The molecule has 52 valence electrons. The first-order chi connectivity index (χ1) is 3.77. The molecule has 9 heavy (non-hydrogen) atoms. The zero-order valence-electron chi connectivity index (χ0n) is 7.30. The minimum Gasteiger partial charge on any atom is -1.00 e. The van der Waals surface area contributed by atoms with Crippen LogP contribution >= 0.6 is 0 Å². The van der Waals surface area contributed by atoms with E-state index in [2.05, 4.69) is 6.92 Å². The first-order valence-corrected chi connectivity index (χ1v) is 3.13. The van der Waals surface area contributed by atoms with Crippen molar-refractivity contribution in [3.8, 4) is 0 Å². The molecule has 0 amide bonds. The number of rotatable bonds is 4. The quantitative estimate of drug-likeness (QED) is 0.260. The van der Waals surface area contributed by atoms with E-state index < -0.39 is 6.29 Å². The predicted molar refractivity (Wildman–Crippen MR) is 33.5 cm³/mol. The molecule has 0 aliphatic rings. The molecule has 0 aliphatic heterocycles. The molecule has 0 saturated carbocycles. The Bertz CT molecular complexity index is 53.0. The van der Waals surface area contributed by atoms with E-state index in [1.54, 1.807) is 0 Å². The van der Waals surface area contributed by atoms with Gasteiger partial charge >= 0.3 is 18.9 Å². The molecule has 0 fully saturated rings. The third kappa shape index (κ3) is 11.9. The standard InChI is InChI=1S/C6H14O2.Li.H/c1-2-3-4-5-6(7)8;;/h6-8H,2-5H2,1H3;;/q;+1;-1. The molecule has 0 aliphatic carbocycles. The molecule has 0 aromatic rings. The van der Waals surface area contributed by atoms with Crippen LogP contribution in [0.2, 0.25) is 0 Å². The molecule has 0 aromatic carbocycles. The van der Waals surface area contributed by atoms with E-state index in [9.17, 15) is 0 Å². The molecule has 0 spiro atoms. The molecular weight excluding hydrogens is 111 g/mol. The SMILES string of the molecule is CCCCCC(O)O.[H-].[Li+]. The van der Waals surface area contributed by atoms with E-state index in [-0.39, 0.29) is 20.3 Å². The third-order valence-corrected chi connectivity index (χ3v) is 1.07. The van der Waals surface area contributed by atoms with Crippen LogP contribution in [0.15, 0.2) is 0 Å². The predicted octanol–water partition coefficient (Wildman–Crippen LogP) is -2.01. The summed E-state index contributed by atoms with van der Waals surface area (Å²) >= 11 is 0. The largest absolute Gasteiger partial charge is 1.00 e. The van der Waals surface area contributed by atoms with Crippen molar-refractivity contribution >= 4 is 0 Å². The van der Waals surface area contributed by atoms with Gasteiger partial charge in [-0.2, -0.15) is 0 Å². The maximum atomic E-state index is 8.33. The van der Waals surface area contributed by atoms with Crippen molar-refractivity contribution in [3.05, 3.63) is 0 Å². The molecule has 0 rings (SSSR count). The van der Waals surface area contributed by atoms with Crippen molar-refractivity contribution in [2.75, 3.05) is 0 Å². The van der Waals surface area contributed by atoms with Crippen LogP contribution in [0.1, 0.15) is 34.0 Å². The van der Waals surface area contributed by atoms with Gasteiger partial charge in [0.25, 0.3) is 0 Å². The Balaban J connectivity index is -0.000000245. The fraction of sp³-hybridized carbons (Fsp3) is 1.00. The molecule has 0 aromatic heterocycles. The van der Waals surface area contributed by atoms with Gasteiger partial charge in [0.05, 0.1) is 0 Å². The molecule has 0 saturated heterocycles. The fourth-order valence-electron chi connectivity index (χ4n) is 0.577. The van der Waals surface area contributed by atoms with Gasteiger partial charge in [0.15, 0.2) is 6.29 Å². The average Bonchev–Trinajstić information content (AvgIpc) is 1.66. The number of hydrogen-bond acceptors (Lipinski definition) is 2. The van der Waals surface area contributed by atoms with Crippen LogP contribution in [0.3, 0.4) is 0 Å². The molecule has 0 bridgehead atoms. The van der Waals surface area contributed by atoms with E-state index in [0.717, 1.165) is 19.3 Å². The zero-order valence-corrected chi connectivity index (χ0v) is 6.30. The van der Waals surface area contributed by atoms with Crippen molar-refractivity contribution in [2.45, 2.75) is 38.9 Å². The topological polar surface area (TPSA) is 40.5 Å². The van der Waals surface area contributed by atoms with Gasteiger partial charge in [0.1, 0.15) is 0 Å². The molecule has 0 atom stereocenters. The summed E-state index contributed by atoms with van der Waals surface area (Å²) in [5, 5.41) is 16.7. The van der Waals surface area contributed by atoms with Crippen molar-refractivity contribution in [1.29, 1.82) is 0 Å². The van der Waals surface area contributed by atoms with Crippen molar-refractivity contribution < 1.29 is 30.5 Å². The second-order valence-corrected chi connectivity index (χ2v) is 1.98.